The van der Waals surface area contributed by atoms with Gasteiger partial charge < -0.3 is 15.1 Å². The Kier molecular flexibility index (Phi) is 9.49. The lowest BCUT2D eigenvalue weighted by atomic mass is 9.97. The molecule has 1 aliphatic rings. The minimum absolute atomic E-state index is 0. The van der Waals surface area contributed by atoms with Crippen molar-refractivity contribution >= 4 is 40.8 Å². The Hall–Kier alpha value is -2.20. The van der Waals surface area contributed by atoms with E-state index < -0.39 is 0 Å². The fourth-order valence-electron chi connectivity index (χ4n) is 4.19. The summed E-state index contributed by atoms with van der Waals surface area (Å²) in [4.78, 5) is 16.2. The topological polar surface area (TPSA) is 78.6 Å². The van der Waals surface area contributed by atoms with Gasteiger partial charge in [0.25, 0.3) is 0 Å². The van der Waals surface area contributed by atoms with Crippen LogP contribution in [0.3, 0.4) is 0 Å². The van der Waals surface area contributed by atoms with Crippen LogP contribution in [0.15, 0.2) is 45.9 Å². The van der Waals surface area contributed by atoms with Crippen molar-refractivity contribution in [1.82, 2.24) is 25.5 Å². The number of nitrogens with zero attached hydrogens (tertiary/aromatic N) is 4. The maximum absolute atomic E-state index is 5.75. The molecule has 2 N–H and O–H groups in total. The molecule has 178 valence electrons. The summed E-state index contributed by atoms with van der Waals surface area (Å²) in [7, 11) is 0. The molecule has 0 amide bonds. The summed E-state index contributed by atoms with van der Waals surface area (Å²) < 4.78 is 5.75. The Labute approximate surface area is 213 Å². The van der Waals surface area contributed by atoms with Crippen molar-refractivity contribution in [3.05, 3.63) is 59.4 Å². The number of benzene rings is 1. The number of rotatable bonds is 7. The molecule has 1 saturated heterocycles. The molecule has 0 bridgehead atoms. The average Bonchev–Trinajstić information content (AvgIpc) is 3.13. The Bertz CT molecular complexity index is 1030. The second kappa shape index (κ2) is 12.3. The van der Waals surface area contributed by atoms with Gasteiger partial charge in [-0.2, -0.15) is 0 Å². The molecule has 1 fully saturated rings. The maximum Gasteiger partial charge on any atom is 0.208 e. The minimum Gasteiger partial charge on any atom is -0.444 e. The van der Waals surface area contributed by atoms with Gasteiger partial charge in [-0.1, -0.05) is 18.2 Å². The summed E-state index contributed by atoms with van der Waals surface area (Å²) in [5.74, 6) is 3.28. The molecule has 0 atom stereocenters. The first-order chi connectivity index (χ1) is 15.6. The number of aryl methyl sites for hydroxylation is 2. The van der Waals surface area contributed by atoms with Gasteiger partial charge in [-0.3, -0.25) is 9.88 Å². The van der Waals surface area contributed by atoms with Crippen molar-refractivity contribution in [2.75, 3.05) is 26.2 Å². The van der Waals surface area contributed by atoms with Crippen LogP contribution in [0.5, 0.6) is 0 Å². The normalized spacial score (nSPS) is 15.4. The predicted molar refractivity (Wildman–Crippen MR) is 144 cm³/mol. The van der Waals surface area contributed by atoms with Crippen LogP contribution < -0.4 is 10.6 Å². The molecule has 2 aromatic heterocycles. The van der Waals surface area contributed by atoms with E-state index in [1.165, 1.54) is 23.8 Å². The van der Waals surface area contributed by atoms with Gasteiger partial charge in [0, 0.05) is 24.7 Å². The lowest BCUT2D eigenvalue weighted by Crippen LogP contribution is -2.42. The summed E-state index contributed by atoms with van der Waals surface area (Å²) in [5.41, 5.74) is 3.20. The summed E-state index contributed by atoms with van der Waals surface area (Å²) in [6.45, 7) is 11.4. The van der Waals surface area contributed by atoms with Crippen LogP contribution in [-0.4, -0.2) is 47.0 Å². The van der Waals surface area contributed by atoms with Gasteiger partial charge in [-0.15, -0.1) is 24.0 Å². The molecule has 3 heterocycles. The molecule has 0 radical (unpaired) electrons. The molecule has 0 unspecified atom stereocenters. The predicted octanol–water partition coefficient (Wildman–Crippen LogP) is 4.42. The maximum atomic E-state index is 5.75. The highest BCUT2D eigenvalue weighted by atomic mass is 127. The molecule has 8 heteroatoms. The van der Waals surface area contributed by atoms with E-state index >= 15 is 0 Å². The van der Waals surface area contributed by atoms with Gasteiger partial charge in [-0.05, 0) is 70.3 Å². The number of aromatic nitrogens is 2. The third-order valence-electron chi connectivity index (χ3n) is 6.19. The van der Waals surface area contributed by atoms with Crippen LogP contribution in [0.4, 0.5) is 0 Å². The summed E-state index contributed by atoms with van der Waals surface area (Å²) in [5, 5.41) is 8.10. The average molecular weight is 563 g/mol. The van der Waals surface area contributed by atoms with Crippen LogP contribution in [0.1, 0.15) is 42.7 Å². The van der Waals surface area contributed by atoms with Crippen molar-refractivity contribution in [3.8, 4) is 0 Å². The SMILES string of the molecule is CCNC(=NCc1ccnc2ccccc12)NCC1CCN(Cc2nc(C)c(C)o2)CC1.I. The van der Waals surface area contributed by atoms with Gasteiger partial charge in [0.2, 0.25) is 5.89 Å². The number of para-hydroxylation sites is 1. The number of halogens is 1. The zero-order valence-corrected chi connectivity index (χ0v) is 22.1. The molecular weight excluding hydrogens is 527 g/mol. The number of likely N-dealkylation sites (tertiary alicyclic amines) is 1. The van der Waals surface area contributed by atoms with E-state index in [4.69, 9.17) is 9.41 Å². The van der Waals surface area contributed by atoms with E-state index in [1.54, 1.807) is 0 Å². The fourth-order valence-corrected chi connectivity index (χ4v) is 4.19. The first-order valence-electron chi connectivity index (χ1n) is 11.6. The number of oxazole rings is 1. The Balaban J connectivity index is 0.00000306. The lowest BCUT2D eigenvalue weighted by Gasteiger charge is -2.31. The number of piperidine rings is 1. The lowest BCUT2D eigenvalue weighted by molar-refractivity contribution is 0.164. The number of guanidine groups is 1. The molecule has 4 rings (SSSR count). The van der Waals surface area contributed by atoms with Crippen molar-refractivity contribution in [1.29, 1.82) is 0 Å². The smallest absolute Gasteiger partial charge is 0.208 e. The monoisotopic (exact) mass is 562 g/mol. The van der Waals surface area contributed by atoms with Gasteiger partial charge in [-0.25, -0.2) is 9.98 Å². The van der Waals surface area contributed by atoms with E-state index in [2.05, 4.69) is 50.6 Å². The van der Waals surface area contributed by atoms with Crippen LogP contribution in [0, 0.1) is 19.8 Å². The Morgan fingerprint density at radius 1 is 1.15 bits per heavy atom. The fraction of sp³-hybridized carbons (Fsp3) is 0.480. The van der Waals surface area contributed by atoms with Crippen molar-refractivity contribution < 1.29 is 4.42 Å². The summed E-state index contributed by atoms with van der Waals surface area (Å²) in [6.07, 6.45) is 4.20. The number of hydrogen-bond acceptors (Lipinski definition) is 5. The summed E-state index contributed by atoms with van der Waals surface area (Å²) in [6, 6.07) is 10.3. The zero-order valence-electron chi connectivity index (χ0n) is 19.8. The van der Waals surface area contributed by atoms with Gasteiger partial charge >= 0.3 is 0 Å². The first-order valence-corrected chi connectivity index (χ1v) is 11.6. The minimum atomic E-state index is 0. The number of hydrogen-bond donors (Lipinski definition) is 2. The largest absolute Gasteiger partial charge is 0.444 e. The molecule has 0 saturated carbocycles. The summed E-state index contributed by atoms with van der Waals surface area (Å²) >= 11 is 0. The third-order valence-corrected chi connectivity index (χ3v) is 6.19. The zero-order chi connectivity index (χ0) is 22.3. The molecule has 0 spiro atoms. The standard InChI is InChI=1S/C25H34N6O.HI/c1-4-26-25(29-16-21-9-12-27-23-8-6-5-7-22(21)23)28-15-20-10-13-31(14-11-20)17-24-30-18(2)19(3)32-24;/h5-9,12,20H,4,10-11,13-17H2,1-3H3,(H2,26,28,29);1H. The quantitative estimate of drug-likeness (QED) is 0.252. The number of aliphatic imine (C=N–C) groups is 1. The van der Waals surface area contributed by atoms with E-state index in [-0.39, 0.29) is 24.0 Å². The molecule has 0 aliphatic carbocycles. The van der Waals surface area contributed by atoms with Crippen molar-refractivity contribution in [3.63, 3.8) is 0 Å². The molecule has 1 aromatic carbocycles. The van der Waals surface area contributed by atoms with Gasteiger partial charge in [0.1, 0.15) is 5.76 Å². The molecule has 33 heavy (non-hydrogen) atoms. The second-order valence-electron chi connectivity index (χ2n) is 8.53. The van der Waals surface area contributed by atoms with E-state index in [9.17, 15) is 0 Å². The first kappa shape index (κ1) is 25.4. The van der Waals surface area contributed by atoms with Crippen LogP contribution in [0.2, 0.25) is 0 Å². The Morgan fingerprint density at radius 2 is 1.94 bits per heavy atom. The van der Waals surface area contributed by atoms with E-state index in [0.29, 0.717) is 12.5 Å². The van der Waals surface area contributed by atoms with Gasteiger partial charge in [0.15, 0.2) is 5.96 Å². The highest BCUT2D eigenvalue weighted by Gasteiger charge is 2.21. The molecule has 3 aromatic rings. The molecule has 1 aliphatic heterocycles. The van der Waals surface area contributed by atoms with Crippen LogP contribution in [-0.2, 0) is 13.1 Å². The van der Waals surface area contributed by atoms with Crippen LogP contribution in [0.25, 0.3) is 10.9 Å². The van der Waals surface area contributed by atoms with Gasteiger partial charge in [0.05, 0.1) is 24.3 Å². The van der Waals surface area contributed by atoms with E-state index in [0.717, 1.165) is 61.5 Å². The number of nitrogens with one attached hydrogen (secondary N) is 2. The van der Waals surface area contributed by atoms with Crippen molar-refractivity contribution in [2.45, 2.75) is 46.7 Å². The van der Waals surface area contributed by atoms with Crippen LogP contribution >= 0.6 is 24.0 Å². The number of pyridine rings is 1. The second-order valence-corrected chi connectivity index (χ2v) is 8.53. The highest BCUT2D eigenvalue weighted by Crippen LogP contribution is 2.20. The Morgan fingerprint density at radius 3 is 2.67 bits per heavy atom. The number of fused-ring (bicyclic) bond motifs is 1. The van der Waals surface area contributed by atoms with E-state index in [1.807, 2.05) is 32.2 Å². The molecular formula is C25H35IN6O. The highest BCUT2D eigenvalue weighted by molar-refractivity contribution is 14.0. The third kappa shape index (κ3) is 6.89. The molecule has 7 nitrogen and oxygen atoms in total. The van der Waals surface area contributed by atoms with Crippen molar-refractivity contribution in [2.24, 2.45) is 10.9 Å².